The zero-order chi connectivity index (χ0) is 20.6. The molecule has 4 rings (SSSR count). The number of anilines is 1. The van der Waals surface area contributed by atoms with Crippen LogP contribution in [0.15, 0.2) is 36.5 Å². The number of benzene rings is 1. The molecule has 0 atom stereocenters. The maximum Gasteiger partial charge on any atom is 0.409 e. The summed E-state index contributed by atoms with van der Waals surface area (Å²) in [6, 6.07) is 7.25. The highest BCUT2D eigenvalue weighted by Crippen LogP contribution is 2.51. The topological polar surface area (TPSA) is 36.0 Å². The highest BCUT2D eigenvalue weighted by Gasteiger charge is 2.49. The van der Waals surface area contributed by atoms with E-state index in [9.17, 15) is 13.6 Å². The Morgan fingerprint density at radius 1 is 1.10 bits per heavy atom. The average Bonchev–Trinajstić information content (AvgIpc) is 2.95. The number of ether oxygens (including phenoxy) is 1. The van der Waals surface area contributed by atoms with Gasteiger partial charge in [0.15, 0.2) is 0 Å². The maximum absolute atomic E-state index is 14.7. The van der Waals surface area contributed by atoms with Crippen molar-refractivity contribution in [1.82, 2.24) is 9.80 Å². The molecule has 3 aliphatic rings. The predicted molar refractivity (Wildman–Crippen MR) is 108 cm³/mol. The lowest BCUT2D eigenvalue weighted by Crippen LogP contribution is -2.51. The Morgan fingerprint density at radius 2 is 1.72 bits per heavy atom. The van der Waals surface area contributed by atoms with Gasteiger partial charge in [-0.25, -0.2) is 4.79 Å². The molecule has 5 nitrogen and oxygen atoms in total. The minimum absolute atomic E-state index is 0.0490. The quantitative estimate of drug-likeness (QED) is 0.755. The molecule has 1 aromatic rings. The van der Waals surface area contributed by atoms with E-state index in [0.717, 1.165) is 38.8 Å². The van der Waals surface area contributed by atoms with Crippen molar-refractivity contribution in [2.24, 2.45) is 0 Å². The Labute approximate surface area is 170 Å². The summed E-state index contributed by atoms with van der Waals surface area (Å²) in [5.41, 5.74) is 0.572. The SMILES string of the molecule is C=C1N(C2CCN(C3CCN(C(=O)OCC)CC3)CC2)c2ccccc2C1(F)F. The molecule has 0 aromatic heterocycles. The number of fused-ring (bicyclic) bond motifs is 1. The number of hydrogen-bond donors (Lipinski definition) is 0. The molecule has 7 heteroatoms. The molecule has 1 aromatic carbocycles. The van der Waals surface area contributed by atoms with Crippen LogP contribution in [0.3, 0.4) is 0 Å². The number of halogens is 2. The largest absolute Gasteiger partial charge is 0.450 e. The minimum atomic E-state index is -2.99. The van der Waals surface area contributed by atoms with Crippen molar-refractivity contribution in [3.8, 4) is 0 Å². The molecule has 158 valence electrons. The Kier molecular flexibility index (Phi) is 5.51. The van der Waals surface area contributed by atoms with E-state index in [1.54, 1.807) is 21.9 Å². The summed E-state index contributed by atoms with van der Waals surface area (Å²) in [7, 11) is 0. The molecule has 2 fully saturated rings. The van der Waals surface area contributed by atoms with Gasteiger partial charge >= 0.3 is 12.0 Å². The summed E-state index contributed by atoms with van der Waals surface area (Å²) in [4.78, 5) is 17.9. The van der Waals surface area contributed by atoms with Gasteiger partial charge in [-0.3, -0.25) is 0 Å². The van der Waals surface area contributed by atoms with Crippen molar-refractivity contribution in [3.05, 3.63) is 42.1 Å². The first-order valence-corrected chi connectivity index (χ1v) is 10.5. The third-order valence-electron chi connectivity index (χ3n) is 6.53. The van der Waals surface area contributed by atoms with Gasteiger partial charge in [-0.05, 0) is 38.7 Å². The van der Waals surface area contributed by atoms with Crippen LogP contribution < -0.4 is 4.90 Å². The third-order valence-corrected chi connectivity index (χ3v) is 6.53. The van der Waals surface area contributed by atoms with E-state index in [2.05, 4.69) is 11.5 Å². The Morgan fingerprint density at radius 3 is 2.38 bits per heavy atom. The molecule has 3 heterocycles. The summed E-state index contributed by atoms with van der Waals surface area (Å²) in [6.07, 6.45) is 3.31. The fourth-order valence-electron chi connectivity index (χ4n) is 4.96. The van der Waals surface area contributed by atoms with E-state index in [0.29, 0.717) is 31.4 Å². The number of likely N-dealkylation sites (tertiary alicyclic amines) is 2. The van der Waals surface area contributed by atoms with Gasteiger partial charge in [-0.2, -0.15) is 8.78 Å². The van der Waals surface area contributed by atoms with Crippen molar-refractivity contribution < 1.29 is 18.3 Å². The van der Waals surface area contributed by atoms with E-state index in [-0.39, 0.29) is 23.4 Å². The Hall–Kier alpha value is -2.15. The zero-order valence-electron chi connectivity index (χ0n) is 16.9. The van der Waals surface area contributed by atoms with Crippen LogP contribution in [0, 0.1) is 0 Å². The van der Waals surface area contributed by atoms with E-state index < -0.39 is 5.92 Å². The molecule has 1 amide bonds. The lowest BCUT2D eigenvalue weighted by Gasteiger charge is -2.43. The van der Waals surface area contributed by atoms with Crippen LogP contribution in [0.5, 0.6) is 0 Å². The fraction of sp³-hybridized carbons (Fsp3) is 0.591. The number of para-hydroxylation sites is 1. The van der Waals surface area contributed by atoms with E-state index in [4.69, 9.17) is 4.74 Å². The normalized spacial score (nSPS) is 23.3. The molecule has 29 heavy (non-hydrogen) atoms. The smallest absolute Gasteiger partial charge is 0.409 e. The Balaban J connectivity index is 1.35. The second-order valence-corrected chi connectivity index (χ2v) is 8.09. The van der Waals surface area contributed by atoms with Crippen LogP contribution in [-0.2, 0) is 10.7 Å². The monoisotopic (exact) mass is 405 g/mol. The number of carbonyl (C=O) groups excluding carboxylic acids is 1. The molecular weight excluding hydrogens is 376 g/mol. The number of amides is 1. The van der Waals surface area contributed by atoms with Crippen molar-refractivity contribution in [1.29, 1.82) is 0 Å². The van der Waals surface area contributed by atoms with Crippen molar-refractivity contribution in [2.45, 2.75) is 50.6 Å². The van der Waals surface area contributed by atoms with E-state index in [1.807, 2.05) is 13.0 Å². The highest BCUT2D eigenvalue weighted by atomic mass is 19.3. The van der Waals surface area contributed by atoms with Gasteiger partial charge < -0.3 is 19.4 Å². The number of alkyl halides is 2. The second-order valence-electron chi connectivity index (χ2n) is 8.09. The molecule has 0 N–H and O–H groups in total. The zero-order valence-corrected chi connectivity index (χ0v) is 16.9. The summed E-state index contributed by atoms with van der Waals surface area (Å²) in [5.74, 6) is -2.99. The highest BCUT2D eigenvalue weighted by molar-refractivity contribution is 5.69. The average molecular weight is 405 g/mol. The van der Waals surface area contributed by atoms with E-state index >= 15 is 0 Å². The summed E-state index contributed by atoms with van der Waals surface area (Å²) in [6.45, 7) is 9.15. The van der Waals surface area contributed by atoms with Crippen LogP contribution in [0.1, 0.15) is 38.2 Å². The molecule has 0 bridgehead atoms. The van der Waals surface area contributed by atoms with Crippen molar-refractivity contribution >= 4 is 11.8 Å². The van der Waals surface area contributed by atoms with Gasteiger partial charge in [0.05, 0.1) is 23.6 Å². The fourth-order valence-corrected chi connectivity index (χ4v) is 4.96. The molecule has 2 saturated heterocycles. The molecule has 0 aliphatic carbocycles. The first kappa shape index (κ1) is 20.1. The number of rotatable bonds is 3. The van der Waals surface area contributed by atoms with Crippen LogP contribution in [0.25, 0.3) is 0 Å². The first-order chi connectivity index (χ1) is 13.9. The van der Waals surface area contributed by atoms with Gasteiger partial charge in [0, 0.05) is 38.3 Å². The van der Waals surface area contributed by atoms with Gasteiger partial charge in [-0.15, -0.1) is 0 Å². The third kappa shape index (κ3) is 3.61. The minimum Gasteiger partial charge on any atom is -0.450 e. The molecular formula is C22H29F2N3O2. The van der Waals surface area contributed by atoms with Crippen LogP contribution in [0.4, 0.5) is 19.3 Å². The van der Waals surface area contributed by atoms with Gasteiger partial charge in [0.25, 0.3) is 0 Å². The van der Waals surface area contributed by atoms with Crippen LogP contribution >= 0.6 is 0 Å². The second kappa shape index (κ2) is 7.94. The first-order valence-electron chi connectivity index (χ1n) is 10.5. The van der Waals surface area contributed by atoms with Crippen LogP contribution in [-0.4, -0.2) is 60.8 Å². The molecule has 0 unspecified atom stereocenters. The lowest BCUT2D eigenvalue weighted by molar-refractivity contribution is 0.0409. The predicted octanol–water partition coefficient (Wildman–Crippen LogP) is 4.20. The van der Waals surface area contributed by atoms with E-state index in [1.165, 1.54) is 6.07 Å². The van der Waals surface area contributed by atoms with Crippen LogP contribution in [0.2, 0.25) is 0 Å². The summed E-state index contributed by atoms with van der Waals surface area (Å²) >= 11 is 0. The number of piperidine rings is 2. The standard InChI is InChI=1S/C22H29F2N3O2/c1-3-29-21(28)26-14-8-17(9-15-26)25-12-10-18(11-13-25)27-16(2)22(23,24)19-6-4-5-7-20(19)27/h4-7,17-18H,2-3,8-15H2,1H3. The van der Waals surface area contributed by atoms with Crippen molar-refractivity contribution in [2.75, 3.05) is 37.7 Å². The number of nitrogens with zero attached hydrogens (tertiary/aromatic N) is 3. The van der Waals surface area contributed by atoms with Crippen molar-refractivity contribution in [3.63, 3.8) is 0 Å². The maximum atomic E-state index is 14.7. The van der Waals surface area contributed by atoms with Gasteiger partial charge in [0.1, 0.15) is 0 Å². The number of allylic oxidation sites excluding steroid dienone is 1. The Bertz CT molecular complexity index is 769. The summed E-state index contributed by atoms with van der Waals surface area (Å²) < 4.78 is 34.4. The van der Waals surface area contributed by atoms with Gasteiger partial charge in [0.2, 0.25) is 0 Å². The number of hydrogen-bond acceptors (Lipinski definition) is 4. The summed E-state index contributed by atoms with van der Waals surface area (Å²) in [5, 5.41) is 0. The molecule has 3 aliphatic heterocycles. The molecule has 0 saturated carbocycles. The molecule has 0 spiro atoms. The number of carbonyl (C=O) groups is 1. The molecule has 0 radical (unpaired) electrons. The van der Waals surface area contributed by atoms with Gasteiger partial charge in [-0.1, -0.05) is 24.8 Å². The lowest BCUT2D eigenvalue weighted by atomic mass is 9.97.